The molecule has 0 unspecified atom stereocenters. The van der Waals surface area contributed by atoms with Crippen LogP contribution in [0.25, 0.3) is 0 Å². The van der Waals surface area contributed by atoms with Crippen LogP contribution in [0.2, 0.25) is 0 Å². The van der Waals surface area contributed by atoms with Crippen molar-refractivity contribution < 1.29 is 28.6 Å². The van der Waals surface area contributed by atoms with Crippen LogP contribution >= 0.6 is 0 Å². The normalized spacial score (nSPS) is 12.1. The van der Waals surface area contributed by atoms with E-state index in [0.717, 1.165) is 75.5 Å². The Morgan fingerprint density at radius 1 is 0.236 bits per heavy atom. The molecular formula is C66H128O6. The third kappa shape index (κ3) is 59.3. The van der Waals surface area contributed by atoms with Gasteiger partial charge in [0.2, 0.25) is 0 Å². The van der Waals surface area contributed by atoms with Gasteiger partial charge in [0.1, 0.15) is 13.2 Å². The second-order valence-electron chi connectivity index (χ2n) is 24.2. The quantitative estimate of drug-likeness (QED) is 0.0343. The van der Waals surface area contributed by atoms with Crippen LogP contribution in [-0.4, -0.2) is 37.2 Å². The van der Waals surface area contributed by atoms with Crippen molar-refractivity contribution in [2.45, 2.75) is 375 Å². The summed E-state index contributed by atoms with van der Waals surface area (Å²) in [7, 11) is 0. The van der Waals surface area contributed by atoms with Gasteiger partial charge in [-0.3, -0.25) is 14.4 Å². The molecule has 0 aliphatic carbocycles. The fourth-order valence-corrected chi connectivity index (χ4v) is 10.2. The molecule has 0 N–H and O–H groups in total. The van der Waals surface area contributed by atoms with Gasteiger partial charge >= 0.3 is 17.9 Å². The Kier molecular flexibility index (Phi) is 55.9. The molecule has 0 heterocycles. The SMILES string of the molecule is CC(C)CCCCCCCCCCCCCCCCCCC(=O)O[C@@H](COC(=O)CCCCCCCCCCCCCCCCCC(C)C)COC(=O)CCCCCCCCCCCCCCCCC(C)C. The van der Waals surface area contributed by atoms with Gasteiger partial charge in [-0.25, -0.2) is 0 Å². The van der Waals surface area contributed by atoms with Crippen LogP contribution in [0, 0.1) is 17.8 Å². The topological polar surface area (TPSA) is 78.9 Å². The lowest BCUT2D eigenvalue weighted by Crippen LogP contribution is -2.30. The zero-order valence-electron chi connectivity index (χ0n) is 49.7. The predicted molar refractivity (Wildman–Crippen MR) is 312 cm³/mol. The number of carbonyl (C=O) groups is 3. The maximum absolute atomic E-state index is 12.9. The Labute approximate surface area is 450 Å². The second-order valence-corrected chi connectivity index (χ2v) is 24.2. The molecule has 0 aromatic heterocycles. The van der Waals surface area contributed by atoms with Gasteiger partial charge in [0.25, 0.3) is 0 Å². The van der Waals surface area contributed by atoms with E-state index in [4.69, 9.17) is 14.2 Å². The molecule has 0 aliphatic heterocycles. The van der Waals surface area contributed by atoms with Gasteiger partial charge in [-0.05, 0) is 37.0 Å². The van der Waals surface area contributed by atoms with Crippen molar-refractivity contribution >= 4 is 17.9 Å². The second kappa shape index (κ2) is 57.1. The Balaban J connectivity index is 4.29. The van der Waals surface area contributed by atoms with Crippen molar-refractivity contribution in [3.05, 3.63) is 0 Å². The molecule has 0 saturated carbocycles. The first kappa shape index (κ1) is 70.4. The first-order valence-electron chi connectivity index (χ1n) is 32.6. The molecule has 6 heteroatoms. The van der Waals surface area contributed by atoms with Gasteiger partial charge in [0.05, 0.1) is 0 Å². The molecule has 0 radical (unpaired) electrons. The van der Waals surface area contributed by atoms with Gasteiger partial charge in [-0.15, -0.1) is 0 Å². The third-order valence-electron chi connectivity index (χ3n) is 15.1. The lowest BCUT2D eigenvalue weighted by molar-refractivity contribution is -0.167. The van der Waals surface area contributed by atoms with Crippen LogP contribution in [0.3, 0.4) is 0 Å². The summed E-state index contributed by atoms with van der Waals surface area (Å²) in [5, 5.41) is 0. The number of ether oxygens (including phenoxy) is 3. The zero-order chi connectivity index (χ0) is 52.6. The van der Waals surface area contributed by atoms with Gasteiger partial charge in [-0.2, -0.15) is 0 Å². The number of carbonyl (C=O) groups excluding carboxylic acids is 3. The molecule has 6 nitrogen and oxygen atoms in total. The fourth-order valence-electron chi connectivity index (χ4n) is 10.2. The van der Waals surface area contributed by atoms with Gasteiger partial charge in [-0.1, -0.05) is 330 Å². The Morgan fingerprint density at radius 3 is 0.597 bits per heavy atom. The molecule has 0 saturated heterocycles. The standard InChI is InChI=1S/C66H128O6/c1-60(2)52-46-40-34-28-22-16-10-7-8-12-21-27-33-39-45-51-57-66(69)72-63(59-71-65(68)56-50-44-38-32-26-20-15-14-18-24-30-36-42-48-54-62(5)6)58-70-64(67)55-49-43-37-31-25-19-13-9-11-17-23-29-35-41-47-53-61(3)4/h60-63H,7-59H2,1-6H3/t63-/m0/s1. The third-order valence-corrected chi connectivity index (χ3v) is 15.1. The maximum Gasteiger partial charge on any atom is 0.306 e. The maximum atomic E-state index is 12.9. The molecule has 72 heavy (non-hydrogen) atoms. The Hall–Kier alpha value is -1.59. The van der Waals surface area contributed by atoms with Crippen LogP contribution in [0.15, 0.2) is 0 Å². The number of unbranched alkanes of at least 4 members (excludes halogenated alkanes) is 42. The monoisotopic (exact) mass is 1020 g/mol. The van der Waals surface area contributed by atoms with Gasteiger partial charge < -0.3 is 14.2 Å². The lowest BCUT2D eigenvalue weighted by Gasteiger charge is -2.18. The van der Waals surface area contributed by atoms with E-state index in [1.807, 2.05) is 0 Å². The van der Waals surface area contributed by atoms with E-state index in [9.17, 15) is 14.4 Å². The highest BCUT2D eigenvalue weighted by Gasteiger charge is 2.19. The van der Waals surface area contributed by atoms with Crippen LogP contribution in [0.5, 0.6) is 0 Å². The minimum absolute atomic E-state index is 0.0623. The van der Waals surface area contributed by atoms with E-state index < -0.39 is 6.10 Å². The summed E-state index contributed by atoms with van der Waals surface area (Å²) in [6.45, 7) is 13.8. The van der Waals surface area contributed by atoms with Crippen molar-refractivity contribution in [3.8, 4) is 0 Å². The Morgan fingerprint density at radius 2 is 0.403 bits per heavy atom. The highest BCUT2D eigenvalue weighted by molar-refractivity contribution is 5.71. The summed E-state index contributed by atoms with van der Waals surface area (Å²) in [6, 6.07) is 0. The number of rotatable bonds is 59. The summed E-state index contributed by atoms with van der Waals surface area (Å²) in [5.41, 5.74) is 0. The summed E-state index contributed by atoms with van der Waals surface area (Å²) in [6.07, 6.45) is 62.5. The molecule has 0 bridgehead atoms. The highest BCUT2D eigenvalue weighted by Crippen LogP contribution is 2.19. The van der Waals surface area contributed by atoms with E-state index in [-0.39, 0.29) is 31.1 Å². The molecule has 0 aromatic rings. The van der Waals surface area contributed by atoms with Crippen molar-refractivity contribution in [1.29, 1.82) is 0 Å². The van der Waals surface area contributed by atoms with E-state index >= 15 is 0 Å². The van der Waals surface area contributed by atoms with Crippen molar-refractivity contribution in [1.82, 2.24) is 0 Å². The van der Waals surface area contributed by atoms with Crippen molar-refractivity contribution in [2.24, 2.45) is 17.8 Å². The predicted octanol–water partition coefficient (Wildman–Crippen LogP) is 21.8. The molecule has 0 aliphatic rings. The summed E-state index contributed by atoms with van der Waals surface area (Å²) in [5.74, 6) is 1.71. The van der Waals surface area contributed by atoms with Gasteiger partial charge in [0.15, 0.2) is 6.10 Å². The minimum atomic E-state index is -0.765. The summed E-state index contributed by atoms with van der Waals surface area (Å²) >= 11 is 0. The fraction of sp³-hybridized carbons (Fsp3) is 0.955. The van der Waals surface area contributed by atoms with Crippen LogP contribution in [-0.2, 0) is 28.6 Å². The molecule has 0 spiro atoms. The van der Waals surface area contributed by atoms with Crippen LogP contribution in [0.1, 0.15) is 369 Å². The highest BCUT2D eigenvalue weighted by atomic mass is 16.6. The average molecular weight is 1020 g/mol. The number of hydrogen-bond donors (Lipinski definition) is 0. The molecule has 0 amide bonds. The summed E-state index contributed by atoms with van der Waals surface area (Å²) in [4.78, 5) is 38.4. The van der Waals surface area contributed by atoms with E-state index in [2.05, 4.69) is 41.5 Å². The van der Waals surface area contributed by atoms with E-state index in [1.54, 1.807) is 0 Å². The lowest BCUT2D eigenvalue weighted by atomic mass is 10.0. The van der Waals surface area contributed by atoms with Crippen LogP contribution in [0.4, 0.5) is 0 Å². The Bertz CT molecular complexity index is 1120. The van der Waals surface area contributed by atoms with Crippen LogP contribution < -0.4 is 0 Å². The molecular weight excluding hydrogens is 889 g/mol. The smallest absolute Gasteiger partial charge is 0.306 e. The number of hydrogen-bond acceptors (Lipinski definition) is 6. The molecule has 428 valence electrons. The van der Waals surface area contributed by atoms with E-state index in [0.29, 0.717) is 19.3 Å². The minimum Gasteiger partial charge on any atom is -0.462 e. The molecule has 1 atom stereocenters. The summed E-state index contributed by atoms with van der Waals surface area (Å²) < 4.78 is 17.0. The first-order chi connectivity index (χ1) is 35.1. The average Bonchev–Trinajstić information content (AvgIpc) is 3.34. The largest absolute Gasteiger partial charge is 0.462 e. The van der Waals surface area contributed by atoms with E-state index in [1.165, 1.54) is 250 Å². The molecule has 0 rings (SSSR count). The van der Waals surface area contributed by atoms with Crippen molar-refractivity contribution in [2.75, 3.05) is 13.2 Å². The zero-order valence-corrected chi connectivity index (χ0v) is 49.7. The molecule has 0 aromatic carbocycles. The van der Waals surface area contributed by atoms with Crippen molar-refractivity contribution in [3.63, 3.8) is 0 Å². The number of esters is 3. The molecule has 0 fully saturated rings. The van der Waals surface area contributed by atoms with Gasteiger partial charge in [0, 0.05) is 19.3 Å². The first-order valence-corrected chi connectivity index (χ1v) is 32.6.